The largest absolute Gasteiger partial charge is 0.509 e. The van der Waals surface area contributed by atoms with Crippen molar-refractivity contribution in [2.75, 3.05) is 0 Å². The zero-order valence-electron chi connectivity index (χ0n) is 11.9. The summed E-state index contributed by atoms with van der Waals surface area (Å²) in [5.41, 5.74) is 4.78. The van der Waals surface area contributed by atoms with E-state index in [2.05, 4.69) is 4.99 Å². The Hall–Kier alpha value is -1.54. The molecular formula is C12H20N2O6. The molecule has 20 heavy (non-hydrogen) atoms. The molecule has 0 spiro atoms. The Morgan fingerprint density at radius 3 is 2.70 bits per heavy atom. The lowest BCUT2D eigenvalue weighted by atomic mass is 10.1. The van der Waals surface area contributed by atoms with Crippen LogP contribution in [0.1, 0.15) is 27.7 Å². The number of rotatable bonds is 2. The monoisotopic (exact) mass is 288 g/mol. The van der Waals surface area contributed by atoms with Gasteiger partial charge in [0.05, 0.1) is 6.10 Å². The van der Waals surface area contributed by atoms with Gasteiger partial charge in [-0.15, -0.1) is 0 Å². The number of aliphatic hydroxyl groups is 1. The molecule has 0 bridgehead atoms. The van der Waals surface area contributed by atoms with Crippen molar-refractivity contribution in [2.24, 2.45) is 10.7 Å². The number of hydrogen-bond acceptors (Lipinski definition) is 8. The minimum absolute atomic E-state index is 0.0261. The summed E-state index contributed by atoms with van der Waals surface area (Å²) < 4.78 is 21.1. The Balaban J connectivity index is 2.05. The fourth-order valence-electron chi connectivity index (χ4n) is 2.10. The highest BCUT2D eigenvalue weighted by molar-refractivity contribution is 5.73. The Morgan fingerprint density at radius 2 is 2.15 bits per heavy atom. The van der Waals surface area contributed by atoms with E-state index in [0.29, 0.717) is 0 Å². The lowest BCUT2D eigenvalue weighted by molar-refractivity contribution is -0.0856. The van der Waals surface area contributed by atoms with Crippen LogP contribution in [-0.2, 0) is 18.9 Å². The van der Waals surface area contributed by atoms with Gasteiger partial charge in [0.15, 0.2) is 18.4 Å². The van der Waals surface area contributed by atoms with Crippen LogP contribution in [0.15, 0.2) is 4.99 Å². The van der Waals surface area contributed by atoms with Crippen LogP contribution in [0, 0.1) is 0 Å². The fourth-order valence-corrected chi connectivity index (χ4v) is 2.10. The predicted molar refractivity (Wildman–Crippen MR) is 67.9 cm³/mol. The van der Waals surface area contributed by atoms with Gasteiger partial charge in [0.1, 0.15) is 11.7 Å². The normalized spacial score (nSPS) is 34.0. The van der Waals surface area contributed by atoms with Crippen LogP contribution in [0.2, 0.25) is 0 Å². The first kappa shape index (κ1) is 14.9. The fraction of sp³-hybridized carbons (Fsp3) is 0.833. The van der Waals surface area contributed by atoms with E-state index in [1.165, 1.54) is 6.92 Å². The molecule has 0 aromatic heterocycles. The summed E-state index contributed by atoms with van der Waals surface area (Å²) in [5.74, 6) is 0. The summed E-state index contributed by atoms with van der Waals surface area (Å²) in [7, 11) is 0. The van der Waals surface area contributed by atoms with E-state index < -0.39 is 42.4 Å². The number of aliphatic imine (C=N–C) groups is 1. The molecule has 0 aromatic rings. The number of amidine groups is 1. The van der Waals surface area contributed by atoms with Gasteiger partial charge in [0.2, 0.25) is 0 Å². The van der Waals surface area contributed by atoms with E-state index in [9.17, 15) is 9.90 Å². The van der Waals surface area contributed by atoms with Gasteiger partial charge >= 0.3 is 6.16 Å². The van der Waals surface area contributed by atoms with Gasteiger partial charge in [0.25, 0.3) is 6.02 Å². The van der Waals surface area contributed by atoms with E-state index in [1.54, 1.807) is 20.8 Å². The molecule has 8 nitrogen and oxygen atoms in total. The minimum Gasteiger partial charge on any atom is -0.453 e. The van der Waals surface area contributed by atoms with Crippen LogP contribution >= 0.6 is 0 Å². The van der Waals surface area contributed by atoms with Crippen molar-refractivity contribution in [1.82, 2.24) is 0 Å². The van der Waals surface area contributed by atoms with Crippen molar-refractivity contribution in [3.8, 4) is 0 Å². The third kappa shape index (κ3) is 3.13. The molecule has 2 aliphatic heterocycles. The maximum absolute atomic E-state index is 11.7. The standard InChI is InChI=1S/C12H20N2O6/c1-5(15)6-7(19-11(16)20-12(2,3)4)8-9(17-6)14-10(13)18-8/h5-9,15H,1-4H3,(H2,13,14)/t5?,6-,7-,8+,9-/m1/s1. The summed E-state index contributed by atoms with van der Waals surface area (Å²) in [5, 5.41) is 9.70. The summed E-state index contributed by atoms with van der Waals surface area (Å²) in [6, 6.07) is -0.0261. The van der Waals surface area contributed by atoms with Crippen molar-refractivity contribution >= 4 is 12.2 Å². The number of fused-ring (bicyclic) bond motifs is 1. The molecule has 114 valence electrons. The molecule has 2 heterocycles. The molecule has 1 unspecified atom stereocenters. The summed E-state index contributed by atoms with van der Waals surface area (Å²) in [6.45, 7) is 6.70. The van der Waals surface area contributed by atoms with Crippen LogP contribution < -0.4 is 5.73 Å². The Labute approximate surface area is 116 Å². The molecule has 2 aliphatic rings. The quantitative estimate of drug-likeness (QED) is 0.694. The van der Waals surface area contributed by atoms with Gasteiger partial charge < -0.3 is 29.8 Å². The smallest absolute Gasteiger partial charge is 0.453 e. The lowest BCUT2D eigenvalue weighted by Gasteiger charge is -2.25. The zero-order valence-corrected chi connectivity index (χ0v) is 11.9. The lowest BCUT2D eigenvalue weighted by Crippen LogP contribution is -2.43. The molecule has 0 aliphatic carbocycles. The summed E-state index contributed by atoms with van der Waals surface area (Å²) in [4.78, 5) is 15.7. The van der Waals surface area contributed by atoms with E-state index in [1.807, 2.05) is 0 Å². The molecule has 5 atom stereocenters. The third-order valence-corrected chi connectivity index (χ3v) is 2.83. The Bertz CT molecular complexity index is 417. The van der Waals surface area contributed by atoms with Crippen LogP contribution in [0.4, 0.5) is 4.79 Å². The number of nitrogens with two attached hydrogens (primary N) is 1. The summed E-state index contributed by atoms with van der Waals surface area (Å²) in [6.07, 6.45) is -4.63. The number of carbonyl (C=O) groups is 1. The zero-order chi connectivity index (χ0) is 15.1. The average Bonchev–Trinajstić information content (AvgIpc) is 2.74. The molecular weight excluding hydrogens is 268 g/mol. The first-order valence-electron chi connectivity index (χ1n) is 6.40. The van der Waals surface area contributed by atoms with Gasteiger partial charge in [-0.1, -0.05) is 0 Å². The topological polar surface area (TPSA) is 113 Å². The maximum Gasteiger partial charge on any atom is 0.509 e. The molecule has 0 saturated carbocycles. The Morgan fingerprint density at radius 1 is 1.50 bits per heavy atom. The maximum atomic E-state index is 11.7. The number of nitrogens with zero attached hydrogens (tertiary/aromatic N) is 1. The molecule has 2 rings (SSSR count). The molecule has 0 amide bonds. The Kier molecular flexibility index (Phi) is 3.79. The van der Waals surface area contributed by atoms with Gasteiger partial charge in [-0.25, -0.2) is 4.79 Å². The van der Waals surface area contributed by atoms with Gasteiger partial charge in [-0.3, -0.25) is 0 Å². The molecule has 1 fully saturated rings. The van der Waals surface area contributed by atoms with Crippen LogP contribution in [0.5, 0.6) is 0 Å². The van der Waals surface area contributed by atoms with Crippen molar-refractivity contribution in [1.29, 1.82) is 0 Å². The van der Waals surface area contributed by atoms with Gasteiger partial charge in [-0.05, 0) is 27.7 Å². The second kappa shape index (κ2) is 5.10. The van der Waals surface area contributed by atoms with Crippen LogP contribution in [0.3, 0.4) is 0 Å². The number of aliphatic hydroxyl groups excluding tert-OH is 1. The van der Waals surface area contributed by atoms with Crippen LogP contribution in [0.25, 0.3) is 0 Å². The van der Waals surface area contributed by atoms with Gasteiger partial charge in [0, 0.05) is 0 Å². The SMILES string of the molecule is CC(O)[C@H]1O[C@H]2N=C(N)O[C@H]2[C@@H]1OC(=O)OC(C)(C)C. The highest BCUT2D eigenvalue weighted by Gasteiger charge is 2.54. The number of carbonyl (C=O) groups excluding carboxylic acids is 1. The van der Waals surface area contributed by atoms with Crippen molar-refractivity contribution in [3.05, 3.63) is 0 Å². The van der Waals surface area contributed by atoms with Crippen molar-refractivity contribution in [3.63, 3.8) is 0 Å². The van der Waals surface area contributed by atoms with E-state index in [4.69, 9.17) is 24.7 Å². The average molecular weight is 288 g/mol. The summed E-state index contributed by atoms with van der Waals surface area (Å²) >= 11 is 0. The highest BCUT2D eigenvalue weighted by Crippen LogP contribution is 2.33. The van der Waals surface area contributed by atoms with Crippen LogP contribution in [-0.4, -0.2) is 53.5 Å². The van der Waals surface area contributed by atoms with E-state index in [0.717, 1.165) is 0 Å². The second-order valence-corrected chi connectivity index (χ2v) is 5.83. The first-order valence-corrected chi connectivity index (χ1v) is 6.40. The molecule has 3 N–H and O–H groups in total. The molecule has 0 radical (unpaired) electrons. The van der Waals surface area contributed by atoms with E-state index >= 15 is 0 Å². The predicted octanol–water partition coefficient (Wildman–Crippen LogP) is 0.126. The first-order chi connectivity index (χ1) is 9.17. The molecule has 8 heteroatoms. The minimum atomic E-state index is -0.855. The van der Waals surface area contributed by atoms with Crippen molar-refractivity contribution < 1.29 is 28.8 Å². The number of ether oxygens (including phenoxy) is 4. The third-order valence-electron chi connectivity index (χ3n) is 2.83. The number of hydrogen-bond donors (Lipinski definition) is 2. The van der Waals surface area contributed by atoms with Gasteiger partial charge in [-0.2, -0.15) is 4.99 Å². The molecule has 1 saturated heterocycles. The highest BCUT2D eigenvalue weighted by atomic mass is 16.8. The van der Waals surface area contributed by atoms with Crippen molar-refractivity contribution in [2.45, 2.75) is 63.9 Å². The molecule has 0 aromatic carbocycles. The van der Waals surface area contributed by atoms with E-state index in [-0.39, 0.29) is 6.02 Å². The second-order valence-electron chi connectivity index (χ2n) is 5.83.